The van der Waals surface area contributed by atoms with Crippen LogP contribution in [0.2, 0.25) is 0 Å². The van der Waals surface area contributed by atoms with E-state index in [1.54, 1.807) is 47.4 Å². The minimum absolute atomic E-state index is 0.0244. The lowest BCUT2D eigenvalue weighted by Crippen LogP contribution is -2.38. The summed E-state index contributed by atoms with van der Waals surface area (Å²) < 4.78 is 16.2. The standard InChI is InChI=1S/C21H19NO6/c23-16(14-5-3-6-15(11-14)22-10-4-9-20(22)24)12-27-21(25)19-13-26-17-7-1-2-8-18(17)28-19/h1-3,5-8,11,19H,4,9-10,12-13H2/t19-/m1/s1. The molecule has 0 spiro atoms. The lowest BCUT2D eigenvalue weighted by Gasteiger charge is -2.24. The Morgan fingerprint density at radius 2 is 1.93 bits per heavy atom. The summed E-state index contributed by atoms with van der Waals surface area (Å²) in [5, 5.41) is 0. The Morgan fingerprint density at radius 1 is 1.11 bits per heavy atom. The van der Waals surface area contributed by atoms with Gasteiger partial charge in [0.15, 0.2) is 23.9 Å². The molecule has 0 aromatic heterocycles. The Kier molecular flexibility index (Phi) is 4.97. The van der Waals surface area contributed by atoms with E-state index in [0.29, 0.717) is 35.7 Å². The minimum Gasteiger partial charge on any atom is -0.485 e. The van der Waals surface area contributed by atoms with E-state index in [9.17, 15) is 14.4 Å². The Bertz CT molecular complexity index is 925. The van der Waals surface area contributed by atoms with Crippen molar-refractivity contribution in [1.82, 2.24) is 0 Å². The van der Waals surface area contributed by atoms with Gasteiger partial charge in [-0.3, -0.25) is 9.59 Å². The number of ether oxygens (including phenoxy) is 3. The third kappa shape index (κ3) is 3.69. The maximum atomic E-state index is 12.4. The molecule has 1 saturated heterocycles. The molecule has 2 aliphatic heterocycles. The van der Waals surface area contributed by atoms with Gasteiger partial charge < -0.3 is 19.1 Å². The molecule has 1 fully saturated rings. The third-order valence-electron chi connectivity index (χ3n) is 4.67. The molecule has 2 aromatic rings. The number of rotatable bonds is 5. The first kappa shape index (κ1) is 18.0. The number of fused-ring (bicyclic) bond motifs is 1. The number of hydrogen-bond donors (Lipinski definition) is 0. The topological polar surface area (TPSA) is 82.1 Å². The van der Waals surface area contributed by atoms with Crippen molar-refractivity contribution in [3.8, 4) is 11.5 Å². The predicted octanol–water partition coefficient (Wildman–Crippen LogP) is 2.38. The average Bonchev–Trinajstić information content (AvgIpc) is 3.17. The molecule has 7 nitrogen and oxygen atoms in total. The SMILES string of the molecule is O=C(COC(=O)[C@H]1COc2ccccc2O1)c1cccc(N2CCCC2=O)c1. The molecular formula is C21H19NO6. The monoisotopic (exact) mass is 381 g/mol. The Balaban J connectivity index is 1.36. The number of para-hydroxylation sites is 2. The van der Waals surface area contributed by atoms with Gasteiger partial charge >= 0.3 is 5.97 Å². The second-order valence-corrected chi connectivity index (χ2v) is 6.59. The van der Waals surface area contributed by atoms with Gasteiger partial charge in [0.05, 0.1) is 0 Å². The van der Waals surface area contributed by atoms with Gasteiger partial charge in [0, 0.05) is 24.2 Å². The van der Waals surface area contributed by atoms with Crippen molar-refractivity contribution in [1.29, 1.82) is 0 Å². The van der Waals surface area contributed by atoms with Crippen molar-refractivity contribution in [3.05, 3.63) is 54.1 Å². The summed E-state index contributed by atoms with van der Waals surface area (Å²) >= 11 is 0. The Labute approximate surface area is 161 Å². The molecule has 0 saturated carbocycles. The van der Waals surface area contributed by atoms with E-state index in [0.717, 1.165) is 6.42 Å². The number of Topliss-reactive ketones (excluding diaryl/α,β-unsaturated/α-hetero) is 1. The number of ketones is 1. The van der Waals surface area contributed by atoms with Crippen LogP contribution in [0.4, 0.5) is 5.69 Å². The van der Waals surface area contributed by atoms with Crippen molar-refractivity contribution in [3.63, 3.8) is 0 Å². The van der Waals surface area contributed by atoms with Gasteiger partial charge in [-0.25, -0.2) is 4.79 Å². The number of esters is 1. The zero-order chi connectivity index (χ0) is 19.5. The van der Waals surface area contributed by atoms with E-state index < -0.39 is 18.7 Å². The number of hydrogen-bond acceptors (Lipinski definition) is 6. The quantitative estimate of drug-likeness (QED) is 0.584. The van der Waals surface area contributed by atoms with Crippen LogP contribution in [0.25, 0.3) is 0 Å². The summed E-state index contributed by atoms with van der Waals surface area (Å²) in [5.41, 5.74) is 1.07. The van der Waals surface area contributed by atoms with Crippen LogP contribution in [0.15, 0.2) is 48.5 Å². The summed E-state index contributed by atoms with van der Waals surface area (Å²) in [6.07, 6.45) is 0.403. The van der Waals surface area contributed by atoms with Crippen molar-refractivity contribution < 1.29 is 28.6 Å². The molecular weight excluding hydrogens is 362 g/mol. The van der Waals surface area contributed by atoms with E-state index >= 15 is 0 Å². The maximum absolute atomic E-state index is 12.4. The zero-order valence-electron chi connectivity index (χ0n) is 15.1. The number of benzene rings is 2. The molecule has 0 aliphatic carbocycles. The van der Waals surface area contributed by atoms with Crippen molar-refractivity contribution >= 4 is 23.3 Å². The number of amides is 1. The van der Waals surface area contributed by atoms with E-state index in [2.05, 4.69) is 0 Å². The highest BCUT2D eigenvalue weighted by Gasteiger charge is 2.29. The molecule has 0 N–H and O–H groups in total. The second kappa shape index (κ2) is 7.72. The van der Waals surface area contributed by atoms with Gasteiger partial charge in [-0.15, -0.1) is 0 Å². The van der Waals surface area contributed by atoms with E-state index in [-0.39, 0.29) is 18.3 Å². The molecule has 1 atom stereocenters. The lowest BCUT2D eigenvalue weighted by molar-refractivity contribution is -0.153. The van der Waals surface area contributed by atoms with Crippen LogP contribution in [0.3, 0.4) is 0 Å². The van der Waals surface area contributed by atoms with E-state index in [1.165, 1.54) is 0 Å². The van der Waals surface area contributed by atoms with Gasteiger partial charge in [-0.05, 0) is 30.7 Å². The molecule has 2 aliphatic rings. The number of nitrogens with zero attached hydrogens (tertiary/aromatic N) is 1. The van der Waals surface area contributed by atoms with Crippen LogP contribution >= 0.6 is 0 Å². The predicted molar refractivity (Wildman–Crippen MR) is 99.7 cm³/mol. The first-order valence-electron chi connectivity index (χ1n) is 9.10. The summed E-state index contributed by atoms with van der Waals surface area (Å²) in [7, 11) is 0. The highest BCUT2D eigenvalue weighted by atomic mass is 16.6. The summed E-state index contributed by atoms with van der Waals surface area (Å²) in [6, 6.07) is 13.8. The van der Waals surface area contributed by atoms with Crippen molar-refractivity contribution in [2.75, 3.05) is 24.7 Å². The fraction of sp³-hybridized carbons (Fsp3) is 0.286. The van der Waals surface area contributed by atoms with Crippen LogP contribution < -0.4 is 14.4 Å². The highest BCUT2D eigenvalue weighted by molar-refractivity contribution is 6.01. The molecule has 0 bridgehead atoms. The zero-order valence-corrected chi connectivity index (χ0v) is 15.1. The van der Waals surface area contributed by atoms with Gasteiger partial charge in [0.25, 0.3) is 0 Å². The fourth-order valence-electron chi connectivity index (χ4n) is 3.22. The smallest absolute Gasteiger partial charge is 0.351 e. The van der Waals surface area contributed by atoms with Gasteiger partial charge in [0.2, 0.25) is 12.0 Å². The van der Waals surface area contributed by atoms with Crippen LogP contribution in [0.5, 0.6) is 11.5 Å². The van der Waals surface area contributed by atoms with Gasteiger partial charge in [-0.2, -0.15) is 0 Å². The molecule has 2 aromatic carbocycles. The van der Waals surface area contributed by atoms with Crippen molar-refractivity contribution in [2.45, 2.75) is 18.9 Å². The molecule has 7 heteroatoms. The van der Waals surface area contributed by atoms with Crippen LogP contribution in [-0.2, 0) is 14.3 Å². The summed E-state index contributed by atoms with van der Waals surface area (Å²) in [6.45, 7) is 0.264. The van der Waals surface area contributed by atoms with Gasteiger partial charge in [0.1, 0.15) is 6.61 Å². The summed E-state index contributed by atoms with van der Waals surface area (Å²) in [4.78, 5) is 38.2. The molecule has 2 heterocycles. The minimum atomic E-state index is -0.920. The lowest BCUT2D eigenvalue weighted by atomic mass is 10.1. The maximum Gasteiger partial charge on any atom is 0.351 e. The average molecular weight is 381 g/mol. The largest absolute Gasteiger partial charge is 0.485 e. The van der Waals surface area contributed by atoms with E-state index in [1.807, 2.05) is 6.07 Å². The normalized spacial score (nSPS) is 18.1. The first-order chi connectivity index (χ1) is 13.6. The second-order valence-electron chi connectivity index (χ2n) is 6.59. The number of carbonyl (C=O) groups is 3. The molecule has 28 heavy (non-hydrogen) atoms. The molecule has 0 radical (unpaired) electrons. The molecule has 1 amide bonds. The molecule has 0 unspecified atom stereocenters. The molecule has 4 rings (SSSR count). The van der Waals surface area contributed by atoms with Crippen molar-refractivity contribution in [2.24, 2.45) is 0 Å². The molecule has 144 valence electrons. The number of anilines is 1. The Morgan fingerprint density at radius 3 is 2.71 bits per heavy atom. The van der Waals surface area contributed by atoms with Gasteiger partial charge in [-0.1, -0.05) is 24.3 Å². The van der Waals surface area contributed by atoms with Crippen LogP contribution in [0.1, 0.15) is 23.2 Å². The van der Waals surface area contributed by atoms with Crippen LogP contribution in [-0.4, -0.2) is 43.5 Å². The summed E-state index contributed by atoms with van der Waals surface area (Å²) in [5.74, 6) is 0.0689. The third-order valence-corrected chi connectivity index (χ3v) is 4.67. The Hall–Kier alpha value is -3.35. The highest BCUT2D eigenvalue weighted by Crippen LogP contribution is 2.31. The first-order valence-corrected chi connectivity index (χ1v) is 9.10. The van der Waals surface area contributed by atoms with E-state index in [4.69, 9.17) is 14.2 Å². The van der Waals surface area contributed by atoms with Crippen LogP contribution in [0, 0.1) is 0 Å². The number of carbonyl (C=O) groups excluding carboxylic acids is 3. The fourth-order valence-corrected chi connectivity index (χ4v) is 3.22.